The molecule has 0 aliphatic heterocycles. The molecule has 0 aliphatic rings. The first kappa shape index (κ1) is 13.8. The zero-order valence-electron chi connectivity index (χ0n) is 12.6. The molecule has 2 aromatic heterocycles. The average molecular weight is 279 g/mol. The molecular weight excluding hydrogens is 258 g/mol. The molecule has 0 saturated carbocycles. The van der Waals surface area contributed by atoms with Gasteiger partial charge in [0.2, 0.25) is 0 Å². The molecule has 108 valence electrons. The van der Waals surface area contributed by atoms with Crippen molar-refractivity contribution in [1.29, 1.82) is 0 Å². The SMILES string of the molecule is CC(C)Cn1cc(CN)c2ccc(-c3ccncc3)cc21. The number of nitrogens with zero attached hydrogens (tertiary/aromatic N) is 2. The zero-order chi connectivity index (χ0) is 14.8. The van der Waals surface area contributed by atoms with Crippen molar-refractivity contribution in [3.63, 3.8) is 0 Å². The van der Waals surface area contributed by atoms with Crippen LogP contribution >= 0.6 is 0 Å². The molecule has 0 aliphatic carbocycles. The summed E-state index contributed by atoms with van der Waals surface area (Å²) >= 11 is 0. The number of fused-ring (bicyclic) bond motifs is 1. The van der Waals surface area contributed by atoms with Gasteiger partial charge in [0.1, 0.15) is 0 Å². The van der Waals surface area contributed by atoms with Crippen molar-refractivity contribution in [2.24, 2.45) is 11.7 Å². The number of hydrogen-bond donors (Lipinski definition) is 1. The molecule has 0 radical (unpaired) electrons. The number of benzene rings is 1. The van der Waals surface area contributed by atoms with E-state index in [0.717, 1.165) is 6.54 Å². The lowest BCUT2D eigenvalue weighted by Crippen LogP contribution is -2.03. The van der Waals surface area contributed by atoms with Crippen LogP contribution in [0.15, 0.2) is 48.9 Å². The van der Waals surface area contributed by atoms with Crippen LogP contribution in [-0.4, -0.2) is 9.55 Å². The van der Waals surface area contributed by atoms with Crippen LogP contribution in [0, 0.1) is 5.92 Å². The summed E-state index contributed by atoms with van der Waals surface area (Å²) < 4.78 is 2.33. The zero-order valence-corrected chi connectivity index (χ0v) is 12.6. The summed E-state index contributed by atoms with van der Waals surface area (Å²) in [5, 5.41) is 1.26. The highest BCUT2D eigenvalue weighted by atomic mass is 15.0. The van der Waals surface area contributed by atoms with Crippen LogP contribution in [0.3, 0.4) is 0 Å². The van der Waals surface area contributed by atoms with E-state index in [0.29, 0.717) is 12.5 Å². The van der Waals surface area contributed by atoms with Crippen molar-refractivity contribution < 1.29 is 0 Å². The van der Waals surface area contributed by atoms with E-state index < -0.39 is 0 Å². The third-order valence-corrected chi connectivity index (χ3v) is 3.76. The van der Waals surface area contributed by atoms with E-state index in [9.17, 15) is 0 Å². The van der Waals surface area contributed by atoms with Gasteiger partial charge in [0.15, 0.2) is 0 Å². The number of hydrogen-bond acceptors (Lipinski definition) is 2. The monoisotopic (exact) mass is 279 g/mol. The van der Waals surface area contributed by atoms with Gasteiger partial charge in [-0.15, -0.1) is 0 Å². The van der Waals surface area contributed by atoms with E-state index in [1.165, 1.54) is 27.6 Å². The van der Waals surface area contributed by atoms with Crippen LogP contribution in [0.2, 0.25) is 0 Å². The largest absolute Gasteiger partial charge is 0.347 e. The van der Waals surface area contributed by atoms with Gasteiger partial charge in [0.25, 0.3) is 0 Å². The first-order valence-electron chi connectivity index (χ1n) is 7.41. The van der Waals surface area contributed by atoms with Crippen molar-refractivity contribution in [2.75, 3.05) is 0 Å². The predicted octanol–water partition coefficient (Wildman–Crippen LogP) is 3.82. The summed E-state index contributed by atoms with van der Waals surface area (Å²) in [4.78, 5) is 4.09. The Morgan fingerprint density at radius 3 is 2.52 bits per heavy atom. The summed E-state index contributed by atoms with van der Waals surface area (Å²) in [5.41, 5.74) is 10.8. The molecule has 2 heterocycles. The summed E-state index contributed by atoms with van der Waals surface area (Å²) in [6, 6.07) is 10.7. The van der Waals surface area contributed by atoms with Gasteiger partial charge in [-0.3, -0.25) is 4.98 Å². The number of pyridine rings is 1. The highest BCUT2D eigenvalue weighted by molar-refractivity contribution is 5.88. The van der Waals surface area contributed by atoms with Crippen LogP contribution in [0.4, 0.5) is 0 Å². The van der Waals surface area contributed by atoms with E-state index in [1.54, 1.807) is 0 Å². The second-order valence-electron chi connectivity index (χ2n) is 5.87. The number of aromatic nitrogens is 2. The van der Waals surface area contributed by atoms with Crippen molar-refractivity contribution >= 4 is 10.9 Å². The van der Waals surface area contributed by atoms with Crippen LogP contribution in [0.1, 0.15) is 19.4 Å². The smallest absolute Gasteiger partial charge is 0.0489 e. The summed E-state index contributed by atoms with van der Waals surface area (Å²) in [5.74, 6) is 0.607. The van der Waals surface area contributed by atoms with E-state index in [1.807, 2.05) is 24.5 Å². The molecule has 3 rings (SSSR count). The van der Waals surface area contributed by atoms with Crippen LogP contribution < -0.4 is 5.73 Å². The molecule has 3 aromatic rings. The van der Waals surface area contributed by atoms with Crippen molar-refractivity contribution in [2.45, 2.75) is 26.9 Å². The van der Waals surface area contributed by atoms with E-state index in [-0.39, 0.29) is 0 Å². The van der Waals surface area contributed by atoms with Gasteiger partial charge in [0, 0.05) is 42.6 Å². The van der Waals surface area contributed by atoms with Crippen molar-refractivity contribution in [3.05, 3.63) is 54.5 Å². The molecule has 0 unspecified atom stereocenters. The standard InChI is InChI=1S/C18H21N3/c1-13(2)11-21-12-16(10-19)17-4-3-15(9-18(17)21)14-5-7-20-8-6-14/h3-9,12-13H,10-11,19H2,1-2H3. The summed E-state index contributed by atoms with van der Waals surface area (Å²) in [7, 11) is 0. The van der Waals surface area contributed by atoms with Gasteiger partial charge in [0.05, 0.1) is 0 Å². The molecule has 0 amide bonds. The summed E-state index contributed by atoms with van der Waals surface area (Å²) in [6.45, 7) is 6.06. The van der Waals surface area contributed by atoms with Crippen molar-refractivity contribution in [1.82, 2.24) is 9.55 Å². The molecule has 0 fully saturated rings. The Labute approximate surface area is 125 Å². The molecule has 0 atom stereocenters. The Morgan fingerprint density at radius 1 is 1.10 bits per heavy atom. The minimum absolute atomic E-state index is 0.580. The fourth-order valence-corrected chi connectivity index (χ4v) is 2.80. The Bertz CT molecular complexity index is 742. The van der Waals surface area contributed by atoms with Crippen LogP contribution in [0.25, 0.3) is 22.0 Å². The second kappa shape index (κ2) is 5.70. The minimum atomic E-state index is 0.580. The maximum absolute atomic E-state index is 5.89. The molecule has 3 nitrogen and oxygen atoms in total. The first-order chi connectivity index (χ1) is 10.2. The van der Waals surface area contributed by atoms with Crippen LogP contribution in [-0.2, 0) is 13.1 Å². The van der Waals surface area contributed by atoms with Gasteiger partial charge in [-0.1, -0.05) is 26.0 Å². The molecule has 0 bridgehead atoms. The molecule has 1 aromatic carbocycles. The Balaban J connectivity index is 2.15. The normalized spacial score (nSPS) is 11.4. The van der Waals surface area contributed by atoms with Gasteiger partial charge < -0.3 is 10.3 Å². The fourth-order valence-electron chi connectivity index (χ4n) is 2.80. The Hall–Kier alpha value is -2.13. The number of nitrogens with two attached hydrogens (primary N) is 1. The molecule has 3 heteroatoms. The second-order valence-corrected chi connectivity index (χ2v) is 5.87. The molecule has 21 heavy (non-hydrogen) atoms. The van der Waals surface area contributed by atoms with Gasteiger partial charge in [-0.2, -0.15) is 0 Å². The minimum Gasteiger partial charge on any atom is -0.347 e. The lowest BCUT2D eigenvalue weighted by molar-refractivity contribution is 0.534. The maximum atomic E-state index is 5.89. The highest BCUT2D eigenvalue weighted by Crippen LogP contribution is 2.28. The average Bonchev–Trinajstić information content (AvgIpc) is 2.85. The topological polar surface area (TPSA) is 43.8 Å². The molecule has 0 saturated heterocycles. The highest BCUT2D eigenvalue weighted by Gasteiger charge is 2.10. The first-order valence-corrected chi connectivity index (χ1v) is 7.41. The quantitative estimate of drug-likeness (QED) is 0.789. The lowest BCUT2D eigenvalue weighted by atomic mass is 10.0. The molecular formula is C18H21N3. The third kappa shape index (κ3) is 2.69. The maximum Gasteiger partial charge on any atom is 0.0489 e. The van der Waals surface area contributed by atoms with Crippen molar-refractivity contribution in [3.8, 4) is 11.1 Å². The van der Waals surface area contributed by atoms with Gasteiger partial charge in [-0.25, -0.2) is 0 Å². The van der Waals surface area contributed by atoms with E-state index in [2.05, 4.69) is 47.8 Å². The van der Waals surface area contributed by atoms with E-state index >= 15 is 0 Å². The summed E-state index contributed by atoms with van der Waals surface area (Å²) in [6.07, 6.45) is 5.86. The molecule has 0 spiro atoms. The van der Waals surface area contributed by atoms with Gasteiger partial charge >= 0.3 is 0 Å². The third-order valence-electron chi connectivity index (χ3n) is 3.76. The predicted molar refractivity (Wildman–Crippen MR) is 87.9 cm³/mol. The Kier molecular flexibility index (Phi) is 3.76. The molecule has 2 N–H and O–H groups in total. The van der Waals surface area contributed by atoms with Gasteiger partial charge in [-0.05, 0) is 40.8 Å². The van der Waals surface area contributed by atoms with E-state index in [4.69, 9.17) is 5.73 Å². The fraction of sp³-hybridized carbons (Fsp3) is 0.278. The lowest BCUT2D eigenvalue weighted by Gasteiger charge is -2.09. The number of rotatable bonds is 4. The van der Waals surface area contributed by atoms with Crippen LogP contribution in [0.5, 0.6) is 0 Å². The Morgan fingerprint density at radius 2 is 1.86 bits per heavy atom.